The van der Waals surface area contributed by atoms with Crippen LogP contribution in [0.5, 0.6) is 0 Å². The molecule has 4 nitrogen and oxygen atoms in total. The molecule has 94 valence electrons. The first kappa shape index (κ1) is 12.5. The van der Waals surface area contributed by atoms with Gasteiger partial charge in [-0.2, -0.15) is 0 Å². The minimum absolute atomic E-state index is 0.294. The maximum atomic E-state index is 12.3. The number of hydrogen-bond donors (Lipinski definition) is 0. The van der Waals surface area contributed by atoms with E-state index in [0.29, 0.717) is 17.9 Å². The van der Waals surface area contributed by atoms with Crippen LogP contribution in [0.4, 0.5) is 0 Å². The predicted molar refractivity (Wildman–Crippen MR) is 63.1 cm³/mol. The first-order valence-corrected chi connectivity index (χ1v) is 7.07. The standard InChI is InChI=1S/C12H16O4S/c1-12(2)15-9-8-11(16-12)17(13,14)10-6-4-3-5-7-10/h3-7,11H,8-9H2,1-2H3. The first-order valence-electron chi connectivity index (χ1n) is 5.52. The number of benzene rings is 1. The molecule has 1 unspecified atom stereocenters. The molecule has 1 aliphatic heterocycles. The van der Waals surface area contributed by atoms with Crippen LogP contribution in [0.2, 0.25) is 0 Å². The van der Waals surface area contributed by atoms with Crippen molar-refractivity contribution in [2.24, 2.45) is 0 Å². The average molecular weight is 256 g/mol. The minimum Gasteiger partial charge on any atom is -0.350 e. The molecule has 0 spiro atoms. The van der Waals surface area contributed by atoms with Crippen molar-refractivity contribution >= 4 is 9.84 Å². The van der Waals surface area contributed by atoms with Crippen molar-refractivity contribution in [3.8, 4) is 0 Å². The van der Waals surface area contributed by atoms with Crippen LogP contribution >= 0.6 is 0 Å². The first-order chi connectivity index (χ1) is 7.92. The second-order valence-corrected chi connectivity index (χ2v) is 6.53. The minimum atomic E-state index is -3.44. The van der Waals surface area contributed by atoms with Crippen LogP contribution in [-0.2, 0) is 19.3 Å². The molecule has 0 amide bonds. The van der Waals surface area contributed by atoms with Crippen molar-refractivity contribution in [3.05, 3.63) is 30.3 Å². The number of rotatable bonds is 2. The zero-order valence-electron chi connectivity index (χ0n) is 9.92. The van der Waals surface area contributed by atoms with Crippen LogP contribution in [0.3, 0.4) is 0 Å². The second kappa shape index (κ2) is 4.40. The third-order valence-corrected chi connectivity index (χ3v) is 4.59. The van der Waals surface area contributed by atoms with Gasteiger partial charge in [0.05, 0.1) is 11.5 Å². The van der Waals surface area contributed by atoms with Gasteiger partial charge in [-0.15, -0.1) is 0 Å². The zero-order chi connectivity index (χ0) is 12.5. The Balaban J connectivity index is 2.28. The summed E-state index contributed by atoms with van der Waals surface area (Å²) in [4.78, 5) is 0.294. The Labute approximate surface area is 101 Å². The molecular formula is C12H16O4S. The molecule has 17 heavy (non-hydrogen) atoms. The monoisotopic (exact) mass is 256 g/mol. The molecule has 1 aromatic rings. The van der Waals surface area contributed by atoms with Gasteiger partial charge in [-0.1, -0.05) is 18.2 Å². The van der Waals surface area contributed by atoms with Crippen molar-refractivity contribution in [2.45, 2.75) is 36.4 Å². The van der Waals surface area contributed by atoms with Gasteiger partial charge in [0.2, 0.25) is 9.84 Å². The fourth-order valence-corrected chi connectivity index (χ4v) is 3.40. The highest BCUT2D eigenvalue weighted by atomic mass is 32.2. The van der Waals surface area contributed by atoms with Gasteiger partial charge in [0.15, 0.2) is 11.2 Å². The highest BCUT2D eigenvalue weighted by Gasteiger charge is 2.37. The van der Waals surface area contributed by atoms with Crippen molar-refractivity contribution in [3.63, 3.8) is 0 Å². The summed E-state index contributed by atoms with van der Waals surface area (Å²) in [6.07, 6.45) is 0.362. The van der Waals surface area contributed by atoms with Crippen LogP contribution < -0.4 is 0 Å². The van der Waals surface area contributed by atoms with E-state index in [1.54, 1.807) is 44.2 Å². The topological polar surface area (TPSA) is 52.6 Å². The summed E-state index contributed by atoms with van der Waals surface area (Å²) in [5.41, 5.74) is -0.825. The van der Waals surface area contributed by atoms with Crippen molar-refractivity contribution in [2.75, 3.05) is 6.61 Å². The van der Waals surface area contributed by atoms with Crippen LogP contribution in [0.25, 0.3) is 0 Å². The molecule has 1 saturated heterocycles. The summed E-state index contributed by atoms with van der Waals surface area (Å²) in [5, 5.41) is 0. The maximum absolute atomic E-state index is 12.3. The Hall–Kier alpha value is -0.910. The highest BCUT2D eigenvalue weighted by molar-refractivity contribution is 7.91. The Kier molecular flexibility index (Phi) is 3.25. The van der Waals surface area contributed by atoms with Gasteiger partial charge in [0, 0.05) is 6.42 Å². The molecule has 1 aliphatic rings. The second-order valence-electron chi connectivity index (χ2n) is 4.44. The summed E-state index contributed by atoms with van der Waals surface area (Å²) in [5.74, 6) is -0.842. The van der Waals surface area contributed by atoms with E-state index in [1.165, 1.54) is 0 Å². The highest BCUT2D eigenvalue weighted by Crippen LogP contribution is 2.28. The van der Waals surface area contributed by atoms with E-state index in [9.17, 15) is 8.42 Å². The quantitative estimate of drug-likeness (QED) is 0.811. The Morgan fingerprint density at radius 1 is 1.24 bits per heavy atom. The molecular weight excluding hydrogens is 240 g/mol. The molecule has 0 aromatic heterocycles. The largest absolute Gasteiger partial charge is 0.350 e. The third kappa shape index (κ3) is 2.68. The van der Waals surface area contributed by atoms with E-state index < -0.39 is 21.1 Å². The van der Waals surface area contributed by atoms with E-state index in [1.807, 2.05) is 0 Å². The molecule has 1 atom stereocenters. The number of hydrogen-bond acceptors (Lipinski definition) is 4. The fraction of sp³-hybridized carbons (Fsp3) is 0.500. The predicted octanol–water partition coefficient (Wildman–Crippen LogP) is 1.96. The molecule has 0 N–H and O–H groups in total. The molecule has 0 aliphatic carbocycles. The Morgan fingerprint density at radius 2 is 1.88 bits per heavy atom. The van der Waals surface area contributed by atoms with Gasteiger partial charge in [-0.05, 0) is 26.0 Å². The van der Waals surface area contributed by atoms with Gasteiger partial charge in [0.1, 0.15) is 0 Å². The van der Waals surface area contributed by atoms with E-state index in [2.05, 4.69) is 0 Å². The van der Waals surface area contributed by atoms with Crippen molar-refractivity contribution < 1.29 is 17.9 Å². The summed E-state index contributed by atoms with van der Waals surface area (Å²) in [6, 6.07) is 8.37. The molecule has 0 radical (unpaired) electrons. The third-order valence-electron chi connectivity index (χ3n) is 2.64. The fourth-order valence-electron chi connectivity index (χ4n) is 1.79. The summed E-state index contributed by atoms with van der Waals surface area (Å²) in [6.45, 7) is 3.84. The van der Waals surface area contributed by atoms with Crippen LogP contribution in [-0.4, -0.2) is 26.2 Å². The zero-order valence-corrected chi connectivity index (χ0v) is 10.7. The molecule has 0 saturated carbocycles. The SMILES string of the molecule is CC1(C)OCCC(S(=O)(=O)c2ccccc2)O1. The summed E-state index contributed by atoms with van der Waals surface area (Å²) in [7, 11) is -3.44. The normalized spacial score (nSPS) is 24.5. The van der Waals surface area contributed by atoms with Crippen LogP contribution in [0, 0.1) is 0 Å². The summed E-state index contributed by atoms with van der Waals surface area (Å²) < 4.78 is 35.4. The van der Waals surface area contributed by atoms with Gasteiger partial charge >= 0.3 is 0 Å². The smallest absolute Gasteiger partial charge is 0.205 e. The average Bonchev–Trinajstić information content (AvgIpc) is 2.29. The van der Waals surface area contributed by atoms with Crippen molar-refractivity contribution in [1.82, 2.24) is 0 Å². The molecule has 0 bridgehead atoms. The van der Waals surface area contributed by atoms with Gasteiger partial charge in [0.25, 0.3) is 0 Å². The van der Waals surface area contributed by atoms with E-state index >= 15 is 0 Å². The van der Waals surface area contributed by atoms with E-state index in [4.69, 9.17) is 9.47 Å². The van der Waals surface area contributed by atoms with Gasteiger partial charge in [-0.3, -0.25) is 0 Å². The van der Waals surface area contributed by atoms with Crippen LogP contribution in [0.15, 0.2) is 35.2 Å². The lowest BCUT2D eigenvalue weighted by atomic mass is 10.3. The van der Waals surface area contributed by atoms with Crippen molar-refractivity contribution in [1.29, 1.82) is 0 Å². The lowest BCUT2D eigenvalue weighted by molar-refractivity contribution is -0.255. The molecule has 1 aromatic carbocycles. The molecule has 1 fully saturated rings. The number of ether oxygens (including phenoxy) is 2. The summed E-state index contributed by atoms with van der Waals surface area (Å²) >= 11 is 0. The van der Waals surface area contributed by atoms with Gasteiger partial charge < -0.3 is 9.47 Å². The van der Waals surface area contributed by atoms with Crippen LogP contribution in [0.1, 0.15) is 20.3 Å². The molecule has 5 heteroatoms. The lowest BCUT2D eigenvalue weighted by Crippen LogP contribution is -2.43. The lowest BCUT2D eigenvalue weighted by Gasteiger charge is -2.35. The number of sulfone groups is 1. The van der Waals surface area contributed by atoms with Gasteiger partial charge in [-0.25, -0.2) is 8.42 Å². The Morgan fingerprint density at radius 3 is 2.47 bits per heavy atom. The Bertz CT molecular complexity index is 478. The maximum Gasteiger partial charge on any atom is 0.205 e. The van der Waals surface area contributed by atoms with E-state index in [0.717, 1.165) is 0 Å². The van der Waals surface area contributed by atoms with E-state index in [-0.39, 0.29) is 0 Å². The molecule has 1 heterocycles. The molecule has 2 rings (SSSR count).